The highest BCUT2D eigenvalue weighted by molar-refractivity contribution is 7.86. The van der Waals surface area contributed by atoms with Gasteiger partial charge in [0.15, 0.2) is 0 Å². The Bertz CT molecular complexity index is 963. The zero-order valence-electron chi connectivity index (χ0n) is 12.3. The summed E-state index contributed by atoms with van der Waals surface area (Å²) in [5.74, 6) is -0.320. The lowest BCUT2D eigenvalue weighted by Crippen LogP contribution is -2.10. The molecule has 0 fully saturated rings. The van der Waals surface area contributed by atoms with E-state index < -0.39 is 32.0 Å². The summed E-state index contributed by atoms with van der Waals surface area (Å²) in [6, 6.07) is 5.13. The average Bonchev–Trinajstić information content (AvgIpc) is 2.75. The van der Waals surface area contributed by atoms with Crippen molar-refractivity contribution < 1.29 is 35.2 Å². The minimum absolute atomic E-state index is 0.0489. The van der Waals surface area contributed by atoms with Crippen molar-refractivity contribution in [3.05, 3.63) is 35.5 Å². The smallest absolute Gasteiger partial charge is 0.397 e. The van der Waals surface area contributed by atoms with E-state index in [9.17, 15) is 26.5 Å². The molecule has 0 atom stereocenters. The summed E-state index contributed by atoms with van der Waals surface area (Å²) in [4.78, 5) is -0.523. The molecule has 0 aliphatic heterocycles. The number of aromatic nitrogens is 2. The van der Waals surface area contributed by atoms with E-state index in [4.69, 9.17) is 4.55 Å². The number of aryl methyl sites for hydroxylation is 1. The molecule has 0 bridgehead atoms. The minimum atomic E-state index is -4.65. The van der Waals surface area contributed by atoms with Crippen LogP contribution in [0, 0.1) is 6.92 Å². The molecule has 3 N–H and O–H groups in total. The van der Waals surface area contributed by atoms with Gasteiger partial charge < -0.3 is 5.11 Å². The summed E-state index contributed by atoms with van der Waals surface area (Å²) in [5, 5.41) is 13.7. The first kappa shape index (κ1) is 18.4. The van der Waals surface area contributed by atoms with E-state index in [1.54, 1.807) is 6.92 Å². The van der Waals surface area contributed by atoms with Crippen LogP contribution in [0.25, 0.3) is 5.69 Å². The molecule has 1 aromatic carbocycles. The van der Waals surface area contributed by atoms with Gasteiger partial charge in [-0.05, 0) is 31.0 Å². The van der Waals surface area contributed by atoms with Crippen LogP contribution in [0.3, 0.4) is 0 Å². The van der Waals surface area contributed by atoms with Gasteiger partial charge in [0.2, 0.25) is 5.88 Å². The minimum Gasteiger partial charge on any atom is -0.493 e. The van der Waals surface area contributed by atoms with Gasteiger partial charge >= 0.3 is 10.4 Å². The third-order valence-corrected chi connectivity index (χ3v) is 4.31. The van der Waals surface area contributed by atoms with E-state index in [0.717, 1.165) is 10.7 Å². The van der Waals surface area contributed by atoms with Crippen LogP contribution in [-0.2, 0) is 31.1 Å². The maximum absolute atomic E-state index is 11.6. The fourth-order valence-electron chi connectivity index (χ4n) is 2.02. The van der Waals surface area contributed by atoms with Crippen molar-refractivity contribution in [1.82, 2.24) is 9.78 Å². The van der Waals surface area contributed by atoms with Gasteiger partial charge in [0.05, 0.1) is 18.0 Å². The first-order chi connectivity index (χ1) is 11.0. The maximum Gasteiger partial charge on any atom is 0.397 e. The van der Waals surface area contributed by atoms with E-state index >= 15 is 0 Å². The van der Waals surface area contributed by atoms with Crippen molar-refractivity contribution in [2.45, 2.75) is 18.2 Å². The summed E-state index contributed by atoms with van der Waals surface area (Å²) in [6.07, 6.45) is -0.0489. The van der Waals surface area contributed by atoms with E-state index in [1.165, 1.54) is 18.2 Å². The Kier molecular flexibility index (Phi) is 4.96. The second-order valence-electron chi connectivity index (χ2n) is 4.83. The van der Waals surface area contributed by atoms with E-state index in [0.29, 0.717) is 11.3 Å². The normalized spacial score (nSPS) is 12.5. The maximum atomic E-state index is 11.6. The number of nitrogens with zero attached hydrogens (tertiary/aromatic N) is 2. The van der Waals surface area contributed by atoms with Crippen molar-refractivity contribution in [1.29, 1.82) is 0 Å². The monoisotopic (exact) mass is 378 g/mol. The third kappa shape index (κ3) is 4.52. The Morgan fingerprint density at radius 3 is 2.33 bits per heavy atom. The third-order valence-electron chi connectivity index (χ3n) is 2.97. The Labute approximate surface area is 138 Å². The van der Waals surface area contributed by atoms with Crippen LogP contribution in [0.4, 0.5) is 0 Å². The molecule has 0 amide bonds. The molecule has 12 heteroatoms. The number of rotatable bonds is 6. The first-order valence-electron chi connectivity index (χ1n) is 6.45. The molecule has 2 aromatic rings. The molecule has 1 heterocycles. The molecular weight excluding hydrogens is 364 g/mol. The van der Waals surface area contributed by atoms with Crippen molar-refractivity contribution in [2.75, 3.05) is 6.61 Å². The van der Waals surface area contributed by atoms with Gasteiger partial charge in [0, 0.05) is 6.07 Å². The van der Waals surface area contributed by atoms with Crippen molar-refractivity contribution >= 4 is 20.5 Å². The Hall–Kier alpha value is -1.99. The van der Waals surface area contributed by atoms with Gasteiger partial charge in [-0.2, -0.15) is 26.6 Å². The second kappa shape index (κ2) is 6.49. The molecule has 24 heavy (non-hydrogen) atoms. The number of aromatic hydroxyl groups is 1. The molecular formula is C12H14N2O8S2. The van der Waals surface area contributed by atoms with E-state index in [1.807, 2.05) is 0 Å². The van der Waals surface area contributed by atoms with E-state index in [2.05, 4.69) is 9.28 Å². The molecule has 1 aromatic heterocycles. The Morgan fingerprint density at radius 1 is 1.17 bits per heavy atom. The van der Waals surface area contributed by atoms with Crippen LogP contribution in [-0.4, -0.2) is 47.4 Å². The summed E-state index contributed by atoms with van der Waals surface area (Å²) in [6.45, 7) is 1.17. The highest BCUT2D eigenvalue weighted by Crippen LogP contribution is 2.25. The zero-order chi connectivity index (χ0) is 18.1. The number of hydrogen-bond acceptors (Lipinski definition) is 7. The highest BCUT2D eigenvalue weighted by atomic mass is 32.3. The fraction of sp³-hybridized carbons (Fsp3) is 0.250. The molecule has 0 saturated heterocycles. The molecule has 0 aliphatic carbocycles. The van der Waals surface area contributed by atoms with Crippen LogP contribution >= 0.6 is 0 Å². The van der Waals surface area contributed by atoms with Gasteiger partial charge in [-0.25, -0.2) is 4.18 Å². The number of benzene rings is 1. The standard InChI is InChI=1S/C12H14N2O8S2/c1-8-6-12(15)14(13-8)10-3-2-9(4-5-22-24(19,20)21)7-11(10)23(16,17)18/h2-3,6-7,15H,4-5H2,1H3,(H,16,17,18)(H,19,20,21). The van der Waals surface area contributed by atoms with Gasteiger partial charge in [0.25, 0.3) is 10.1 Å². The Balaban J connectivity index is 2.42. The lowest BCUT2D eigenvalue weighted by molar-refractivity contribution is 0.271. The zero-order valence-corrected chi connectivity index (χ0v) is 14.0. The predicted molar refractivity (Wildman–Crippen MR) is 81.0 cm³/mol. The van der Waals surface area contributed by atoms with Crippen LogP contribution in [0.1, 0.15) is 11.3 Å². The SMILES string of the molecule is Cc1cc(O)n(-c2ccc(CCOS(=O)(=O)O)cc2S(=O)(=O)O)n1. The summed E-state index contributed by atoms with van der Waals surface area (Å²) < 4.78 is 67.1. The van der Waals surface area contributed by atoms with Crippen LogP contribution in [0.15, 0.2) is 29.2 Å². The first-order valence-corrected chi connectivity index (χ1v) is 9.26. The fourth-order valence-corrected chi connectivity index (χ4v) is 3.04. The predicted octanol–water partition coefficient (Wildman–Crippen LogP) is 0.495. The Morgan fingerprint density at radius 2 is 1.83 bits per heavy atom. The van der Waals surface area contributed by atoms with Crippen LogP contribution < -0.4 is 0 Å². The lowest BCUT2D eigenvalue weighted by Gasteiger charge is -2.10. The molecule has 0 unspecified atom stereocenters. The van der Waals surface area contributed by atoms with Gasteiger partial charge in [0.1, 0.15) is 4.90 Å². The summed E-state index contributed by atoms with van der Waals surface area (Å²) >= 11 is 0. The van der Waals surface area contributed by atoms with Crippen molar-refractivity contribution in [3.63, 3.8) is 0 Å². The van der Waals surface area contributed by atoms with Crippen molar-refractivity contribution in [2.24, 2.45) is 0 Å². The molecule has 0 spiro atoms. The van der Waals surface area contributed by atoms with Crippen molar-refractivity contribution in [3.8, 4) is 11.6 Å². The number of hydrogen-bond donors (Lipinski definition) is 3. The molecule has 10 nitrogen and oxygen atoms in total. The molecule has 132 valence electrons. The van der Waals surface area contributed by atoms with E-state index in [-0.39, 0.29) is 18.0 Å². The van der Waals surface area contributed by atoms with Crippen LogP contribution in [0.5, 0.6) is 5.88 Å². The van der Waals surface area contributed by atoms with Gasteiger partial charge in [-0.15, -0.1) is 0 Å². The molecule has 0 radical (unpaired) electrons. The van der Waals surface area contributed by atoms with Crippen LogP contribution in [0.2, 0.25) is 0 Å². The summed E-state index contributed by atoms with van der Waals surface area (Å²) in [7, 11) is -9.25. The largest absolute Gasteiger partial charge is 0.493 e. The van der Waals surface area contributed by atoms with Gasteiger partial charge in [-0.3, -0.25) is 9.11 Å². The van der Waals surface area contributed by atoms with Gasteiger partial charge in [-0.1, -0.05) is 6.07 Å². The summed E-state index contributed by atoms with van der Waals surface area (Å²) in [5.41, 5.74) is 0.667. The second-order valence-corrected chi connectivity index (χ2v) is 7.31. The molecule has 0 saturated carbocycles. The topological polar surface area (TPSA) is 156 Å². The average molecular weight is 378 g/mol. The highest BCUT2D eigenvalue weighted by Gasteiger charge is 2.20. The molecule has 2 rings (SSSR count). The quantitative estimate of drug-likeness (QED) is 0.609. The molecule has 0 aliphatic rings. The lowest BCUT2D eigenvalue weighted by atomic mass is 10.1.